The van der Waals surface area contributed by atoms with Crippen molar-refractivity contribution in [1.82, 2.24) is 10.6 Å². The van der Waals surface area contributed by atoms with Crippen LogP contribution in [0.2, 0.25) is 0 Å². The van der Waals surface area contributed by atoms with Gasteiger partial charge in [0.25, 0.3) is 0 Å². The lowest BCUT2D eigenvalue weighted by atomic mass is 9.96. The van der Waals surface area contributed by atoms with E-state index in [-0.39, 0.29) is 11.9 Å². The van der Waals surface area contributed by atoms with E-state index in [1.165, 1.54) is 0 Å². The van der Waals surface area contributed by atoms with Gasteiger partial charge in [-0.3, -0.25) is 4.79 Å². The summed E-state index contributed by atoms with van der Waals surface area (Å²) in [4.78, 5) is 22.5. The molecule has 0 aliphatic heterocycles. The molecule has 1 atom stereocenters. The molecule has 0 heterocycles. The fourth-order valence-corrected chi connectivity index (χ4v) is 2.16. The first-order chi connectivity index (χ1) is 10.0. The second kappa shape index (κ2) is 9.00. The molecular weight excluding hydrogens is 266 g/mol. The normalized spacial score (nSPS) is 12.0. The molecule has 1 aromatic carbocycles. The molecule has 116 valence electrons. The molecule has 0 bridgehead atoms. The summed E-state index contributed by atoms with van der Waals surface area (Å²) >= 11 is 0. The zero-order valence-corrected chi connectivity index (χ0v) is 12.8. The van der Waals surface area contributed by atoms with Crippen LogP contribution < -0.4 is 16.4 Å². The van der Waals surface area contributed by atoms with Crippen molar-refractivity contribution in [2.45, 2.75) is 39.2 Å². The van der Waals surface area contributed by atoms with Crippen LogP contribution in [-0.4, -0.2) is 18.5 Å². The van der Waals surface area contributed by atoms with Gasteiger partial charge in [-0.25, -0.2) is 4.79 Å². The Labute approximate surface area is 126 Å². The maximum absolute atomic E-state index is 12.0. The molecule has 0 saturated carbocycles. The van der Waals surface area contributed by atoms with Crippen molar-refractivity contribution in [1.29, 1.82) is 0 Å². The Hall–Kier alpha value is -2.04. The molecule has 0 fully saturated rings. The molecular formula is C16H25N3O2. The second-order valence-corrected chi connectivity index (χ2v) is 5.45. The van der Waals surface area contributed by atoms with Crippen molar-refractivity contribution in [3.8, 4) is 0 Å². The van der Waals surface area contributed by atoms with Crippen molar-refractivity contribution in [2.75, 3.05) is 6.54 Å². The number of nitrogens with two attached hydrogens (primary N) is 1. The Kier molecular flexibility index (Phi) is 7.29. The Morgan fingerprint density at radius 1 is 1.14 bits per heavy atom. The minimum atomic E-state index is -0.525. The van der Waals surface area contributed by atoms with Gasteiger partial charge in [-0.15, -0.1) is 0 Å². The molecule has 1 rings (SSSR count). The molecule has 0 spiro atoms. The highest BCUT2D eigenvalue weighted by Crippen LogP contribution is 2.21. The number of urea groups is 1. The zero-order chi connectivity index (χ0) is 15.7. The van der Waals surface area contributed by atoms with E-state index < -0.39 is 6.03 Å². The number of nitrogens with one attached hydrogen (secondary N) is 2. The summed E-state index contributed by atoms with van der Waals surface area (Å²) in [7, 11) is 0. The number of unbranched alkanes of at least 4 members (excludes halogenated alkanes) is 1. The third kappa shape index (κ3) is 6.79. The van der Waals surface area contributed by atoms with Crippen LogP contribution in [0.5, 0.6) is 0 Å². The molecule has 5 nitrogen and oxygen atoms in total. The van der Waals surface area contributed by atoms with Gasteiger partial charge in [0, 0.05) is 13.0 Å². The molecule has 0 aliphatic rings. The Morgan fingerprint density at radius 3 is 2.38 bits per heavy atom. The van der Waals surface area contributed by atoms with Crippen LogP contribution in [0.15, 0.2) is 30.3 Å². The van der Waals surface area contributed by atoms with Crippen LogP contribution in [0, 0.1) is 5.92 Å². The predicted molar refractivity (Wildman–Crippen MR) is 83.6 cm³/mol. The van der Waals surface area contributed by atoms with Crippen molar-refractivity contribution >= 4 is 11.9 Å². The van der Waals surface area contributed by atoms with E-state index in [4.69, 9.17) is 5.73 Å². The number of carbonyl (C=O) groups excluding carboxylic acids is 2. The van der Waals surface area contributed by atoms with Gasteiger partial charge in [-0.05, 0) is 24.3 Å². The molecule has 1 aromatic rings. The molecule has 1 unspecified atom stereocenters. The van der Waals surface area contributed by atoms with Crippen LogP contribution in [0.1, 0.15) is 44.7 Å². The fraction of sp³-hybridized carbons (Fsp3) is 0.500. The van der Waals surface area contributed by atoms with Gasteiger partial charge < -0.3 is 16.4 Å². The average molecular weight is 291 g/mol. The highest BCUT2D eigenvalue weighted by atomic mass is 16.2. The van der Waals surface area contributed by atoms with Crippen LogP contribution in [0.4, 0.5) is 4.79 Å². The van der Waals surface area contributed by atoms with Crippen molar-refractivity contribution in [2.24, 2.45) is 11.7 Å². The van der Waals surface area contributed by atoms with Gasteiger partial charge >= 0.3 is 6.03 Å². The topological polar surface area (TPSA) is 84.2 Å². The molecule has 0 saturated heterocycles. The fourth-order valence-electron chi connectivity index (χ4n) is 2.16. The standard InChI is InChI=1S/C16H25N3O2/c1-12(2)15(13-8-4-3-5-9-13)19-14(20)10-6-7-11-18-16(17)21/h3-5,8-9,12,15H,6-7,10-11H2,1-2H3,(H,19,20)(H3,17,18,21). The van der Waals surface area contributed by atoms with Crippen LogP contribution in [-0.2, 0) is 4.79 Å². The number of rotatable bonds is 8. The first-order valence-electron chi connectivity index (χ1n) is 7.38. The van der Waals surface area contributed by atoms with E-state index in [1.807, 2.05) is 30.3 Å². The van der Waals surface area contributed by atoms with Crippen LogP contribution in [0.3, 0.4) is 0 Å². The van der Waals surface area contributed by atoms with Gasteiger partial charge in [0.05, 0.1) is 6.04 Å². The third-order valence-electron chi connectivity index (χ3n) is 3.27. The summed E-state index contributed by atoms with van der Waals surface area (Å²) in [6.07, 6.45) is 1.93. The molecule has 0 radical (unpaired) electrons. The number of benzene rings is 1. The van der Waals surface area contributed by atoms with Gasteiger partial charge in [0.1, 0.15) is 0 Å². The second-order valence-electron chi connectivity index (χ2n) is 5.45. The lowest BCUT2D eigenvalue weighted by Gasteiger charge is -2.23. The first-order valence-corrected chi connectivity index (χ1v) is 7.38. The molecule has 0 aromatic heterocycles. The minimum absolute atomic E-state index is 0.0300. The summed E-state index contributed by atoms with van der Waals surface area (Å²) in [5.41, 5.74) is 6.09. The molecule has 4 N–H and O–H groups in total. The van der Waals surface area contributed by atoms with Gasteiger partial charge in [0.2, 0.25) is 5.91 Å². The number of amides is 3. The van der Waals surface area contributed by atoms with Crippen LogP contribution >= 0.6 is 0 Å². The first kappa shape index (κ1) is 17.0. The van der Waals surface area contributed by atoms with Crippen molar-refractivity contribution < 1.29 is 9.59 Å². The Bertz CT molecular complexity index is 446. The van der Waals surface area contributed by atoms with E-state index >= 15 is 0 Å². The maximum Gasteiger partial charge on any atom is 0.312 e. The highest BCUT2D eigenvalue weighted by Gasteiger charge is 2.17. The van der Waals surface area contributed by atoms with E-state index in [0.29, 0.717) is 18.9 Å². The monoisotopic (exact) mass is 291 g/mol. The summed E-state index contributed by atoms with van der Waals surface area (Å²) in [5.74, 6) is 0.365. The molecule has 5 heteroatoms. The summed E-state index contributed by atoms with van der Waals surface area (Å²) in [6.45, 7) is 4.69. The molecule has 21 heavy (non-hydrogen) atoms. The summed E-state index contributed by atoms with van der Waals surface area (Å²) < 4.78 is 0. The number of primary amides is 1. The maximum atomic E-state index is 12.0. The summed E-state index contributed by atoms with van der Waals surface area (Å²) in [6, 6.07) is 9.49. The Balaban J connectivity index is 2.38. The zero-order valence-electron chi connectivity index (χ0n) is 12.8. The number of hydrogen-bond acceptors (Lipinski definition) is 2. The Morgan fingerprint density at radius 2 is 1.81 bits per heavy atom. The molecule has 3 amide bonds. The van der Waals surface area contributed by atoms with Crippen molar-refractivity contribution in [3.63, 3.8) is 0 Å². The third-order valence-corrected chi connectivity index (χ3v) is 3.27. The van der Waals surface area contributed by atoms with Gasteiger partial charge in [-0.2, -0.15) is 0 Å². The lowest BCUT2D eigenvalue weighted by molar-refractivity contribution is -0.122. The smallest absolute Gasteiger partial charge is 0.312 e. The van der Waals surface area contributed by atoms with E-state index in [0.717, 1.165) is 18.4 Å². The predicted octanol–water partition coefficient (Wildman–Crippen LogP) is 2.34. The SMILES string of the molecule is CC(C)C(NC(=O)CCCCNC(N)=O)c1ccccc1. The number of hydrogen-bond donors (Lipinski definition) is 3. The quantitative estimate of drug-likeness (QED) is 0.642. The highest BCUT2D eigenvalue weighted by molar-refractivity contribution is 5.76. The summed E-state index contributed by atoms with van der Waals surface area (Å²) in [5, 5.41) is 5.59. The minimum Gasteiger partial charge on any atom is -0.352 e. The largest absolute Gasteiger partial charge is 0.352 e. The average Bonchev–Trinajstić information content (AvgIpc) is 2.44. The molecule has 0 aliphatic carbocycles. The van der Waals surface area contributed by atoms with Crippen molar-refractivity contribution in [3.05, 3.63) is 35.9 Å². The lowest BCUT2D eigenvalue weighted by Crippen LogP contribution is -2.32. The van der Waals surface area contributed by atoms with E-state index in [9.17, 15) is 9.59 Å². The number of carbonyl (C=O) groups is 2. The van der Waals surface area contributed by atoms with Crippen LogP contribution in [0.25, 0.3) is 0 Å². The van der Waals surface area contributed by atoms with Gasteiger partial charge in [-0.1, -0.05) is 44.2 Å². The van der Waals surface area contributed by atoms with E-state index in [2.05, 4.69) is 24.5 Å². The van der Waals surface area contributed by atoms with E-state index in [1.54, 1.807) is 0 Å². The van der Waals surface area contributed by atoms with Gasteiger partial charge in [0.15, 0.2) is 0 Å².